The first-order valence-electron chi connectivity index (χ1n) is 6.62. The van der Waals surface area contributed by atoms with Crippen molar-refractivity contribution in [2.45, 2.75) is 19.5 Å². The molecule has 110 valence electrons. The van der Waals surface area contributed by atoms with E-state index in [0.717, 1.165) is 27.4 Å². The Hall–Kier alpha value is -1.24. The van der Waals surface area contributed by atoms with E-state index in [9.17, 15) is 4.39 Å². The minimum atomic E-state index is -0.203. The molecule has 0 aliphatic heterocycles. The second-order valence-corrected chi connectivity index (χ2v) is 6.67. The van der Waals surface area contributed by atoms with Gasteiger partial charge in [-0.1, -0.05) is 12.1 Å². The zero-order valence-electron chi connectivity index (χ0n) is 11.8. The van der Waals surface area contributed by atoms with Gasteiger partial charge in [0.25, 0.3) is 0 Å². The Morgan fingerprint density at radius 3 is 2.76 bits per heavy atom. The molecule has 2 aromatic heterocycles. The first-order valence-corrected chi connectivity index (χ1v) is 8.29. The first-order chi connectivity index (χ1) is 10.1. The van der Waals surface area contributed by atoms with E-state index in [-0.39, 0.29) is 11.9 Å². The molecule has 0 aliphatic rings. The smallest absolute Gasteiger partial charge is 0.194 e. The molecule has 6 heteroatoms. The van der Waals surface area contributed by atoms with Crippen molar-refractivity contribution in [2.75, 3.05) is 7.05 Å². The summed E-state index contributed by atoms with van der Waals surface area (Å²) in [7, 11) is 2.05. The average molecular weight is 368 g/mol. The highest BCUT2D eigenvalue weighted by Gasteiger charge is 2.17. The van der Waals surface area contributed by atoms with E-state index >= 15 is 0 Å². The van der Waals surface area contributed by atoms with Crippen molar-refractivity contribution in [3.05, 3.63) is 57.5 Å². The van der Waals surface area contributed by atoms with Crippen LogP contribution in [0.3, 0.4) is 0 Å². The Morgan fingerprint density at radius 1 is 1.38 bits per heavy atom. The third-order valence-corrected chi connectivity index (χ3v) is 5.28. The molecule has 1 atom stereocenters. The maximum atomic E-state index is 13.0. The van der Waals surface area contributed by atoms with Crippen LogP contribution in [0.15, 0.2) is 40.4 Å². The Morgan fingerprint density at radius 2 is 2.10 bits per heavy atom. The molecule has 0 fully saturated rings. The molecule has 1 aromatic carbocycles. The van der Waals surface area contributed by atoms with Crippen molar-refractivity contribution in [3.8, 4) is 0 Å². The van der Waals surface area contributed by atoms with E-state index in [2.05, 4.69) is 32.7 Å². The monoisotopic (exact) mass is 367 g/mol. The molecule has 0 amide bonds. The van der Waals surface area contributed by atoms with Gasteiger partial charge in [0.05, 0.1) is 5.69 Å². The molecule has 1 unspecified atom stereocenters. The quantitative estimate of drug-likeness (QED) is 0.676. The van der Waals surface area contributed by atoms with E-state index in [1.165, 1.54) is 12.1 Å². The lowest BCUT2D eigenvalue weighted by molar-refractivity contribution is 0.250. The number of hydrogen-bond acceptors (Lipinski definition) is 3. The summed E-state index contributed by atoms with van der Waals surface area (Å²) >= 11 is 5.22. The van der Waals surface area contributed by atoms with Gasteiger partial charge in [0.1, 0.15) is 10.4 Å². The molecule has 0 N–H and O–H groups in total. The third-order valence-electron chi connectivity index (χ3n) is 3.68. The lowest BCUT2D eigenvalue weighted by atomic mass is 10.1. The van der Waals surface area contributed by atoms with Gasteiger partial charge in [-0.25, -0.2) is 9.37 Å². The van der Waals surface area contributed by atoms with E-state index in [0.29, 0.717) is 0 Å². The summed E-state index contributed by atoms with van der Waals surface area (Å²) in [4.78, 5) is 7.82. The van der Waals surface area contributed by atoms with Gasteiger partial charge in [0, 0.05) is 24.2 Å². The lowest BCUT2D eigenvalue weighted by Crippen LogP contribution is -2.22. The molecule has 3 aromatic rings. The molecule has 0 bridgehead atoms. The van der Waals surface area contributed by atoms with Crippen molar-refractivity contribution in [1.29, 1.82) is 0 Å². The topological polar surface area (TPSA) is 20.5 Å². The van der Waals surface area contributed by atoms with Crippen molar-refractivity contribution in [2.24, 2.45) is 0 Å². The van der Waals surface area contributed by atoms with Crippen molar-refractivity contribution in [3.63, 3.8) is 0 Å². The summed E-state index contributed by atoms with van der Waals surface area (Å²) < 4.78 is 16.0. The predicted molar refractivity (Wildman–Crippen MR) is 87.1 cm³/mol. The predicted octanol–water partition coefficient (Wildman–Crippen LogP) is 4.49. The number of fused-ring (bicyclic) bond motifs is 1. The molecule has 0 aliphatic carbocycles. The number of benzene rings is 1. The number of aromatic nitrogens is 2. The number of nitrogens with zero attached hydrogens (tertiary/aromatic N) is 3. The maximum absolute atomic E-state index is 13.0. The molecule has 3 rings (SSSR count). The molecular formula is C15H15BrFN3S. The first kappa shape index (κ1) is 14.7. The molecule has 0 saturated carbocycles. The number of thiazole rings is 1. The summed E-state index contributed by atoms with van der Waals surface area (Å²) in [5, 5.41) is 2.02. The van der Waals surface area contributed by atoms with Crippen LogP contribution in [0.2, 0.25) is 0 Å². The zero-order chi connectivity index (χ0) is 15.0. The van der Waals surface area contributed by atoms with Gasteiger partial charge >= 0.3 is 0 Å². The van der Waals surface area contributed by atoms with Crippen LogP contribution in [-0.2, 0) is 6.54 Å². The molecular weight excluding hydrogens is 353 g/mol. The largest absolute Gasteiger partial charge is 0.294 e. The normalized spacial score (nSPS) is 13.2. The molecule has 0 radical (unpaired) electrons. The lowest BCUT2D eigenvalue weighted by Gasteiger charge is -2.24. The van der Waals surface area contributed by atoms with Crippen molar-refractivity contribution in [1.82, 2.24) is 14.3 Å². The van der Waals surface area contributed by atoms with Crippen LogP contribution < -0.4 is 0 Å². The summed E-state index contributed by atoms with van der Waals surface area (Å²) in [6, 6.07) is 6.86. The van der Waals surface area contributed by atoms with Crippen LogP contribution >= 0.6 is 27.3 Å². The molecule has 21 heavy (non-hydrogen) atoms. The maximum Gasteiger partial charge on any atom is 0.194 e. The van der Waals surface area contributed by atoms with Crippen molar-refractivity contribution < 1.29 is 4.39 Å². The fourth-order valence-electron chi connectivity index (χ4n) is 2.27. The highest BCUT2D eigenvalue weighted by Crippen LogP contribution is 2.26. The van der Waals surface area contributed by atoms with Gasteiger partial charge in [-0.3, -0.25) is 9.30 Å². The van der Waals surface area contributed by atoms with Gasteiger partial charge < -0.3 is 0 Å². The summed E-state index contributed by atoms with van der Waals surface area (Å²) in [5.74, 6) is -0.203. The van der Waals surface area contributed by atoms with Gasteiger partial charge in [0.15, 0.2) is 4.96 Å². The summed E-state index contributed by atoms with van der Waals surface area (Å²) in [6.07, 6.45) is 2.00. The standard InChI is InChI=1S/C15H15BrFN3S/c1-10(11-3-5-12(17)6-4-11)19(2)9-13-14(16)20-7-8-21-15(20)18-13/h3-8,10H,9H2,1-2H3. The Labute approximate surface area is 135 Å². The fraction of sp³-hybridized carbons (Fsp3) is 0.267. The van der Waals surface area contributed by atoms with Crippen LogP contribution in [0.1, 0.15) is 24.2 Å². The van der Waals surface area contributed by atoms with Gasteiger partial charge in [0.2, 0.25) is 0 Å². The Bertz CT molecular complexity index is 750. The van der Waals surface area contributed by atoms with E-state index < -0.39 is 0 Å². The Balaban J connectivity index is 1.78. The van der Waals surface area contributed by atoms with Crippen LogP contribution in [0.5, 0.6) is 0 Å². The average Bonchev–Trinajstić information content (AvgIpc) is 3.03. The minimum absolute atomic E-state index is 0.192. The van der Waals surface area contributed by atoms with Crippen LogP contribution in [0.4, 0.5) is 4.39 Å². The van der Waals surface area contributed by atoms with Gasteiger partial charge in [-0.15, -0.1) is 11.3 Å². The highest BCUT2D eigenvalue weighted by atomic mass is 79.9. The summed E-state index contributed by atoms with van der Waals surface area (Å²) in [5.41, 5.74) is 2.11. The van der Waals surface area contributed by atoms with Crippen LogP contribution in [-0.4, -0.2) is 21.3 Å². The fourth-order valence-corrected chi connectivity index (χ4v) is 3.62. The second kappa shape index (κ2) is 5.87. The third kappa shape index (κ3) is 2.88. The summed E-state index contributed by atoms with van der Waals surface area (Å²) in [6.45, 7) is 2.84. The minimum Gasteiger partial charge on any atom is -0.294 e. The van der Waals surface area contributed by atoms with Gasteiger partial charge in [-0.05, 0) is 47.6 Å². The SMILES string of the molecule is CC(c1ccc(F)cc1)N(C)Cc1nc2sccn2c1Br. The molecule has 3 nitrogen and oxygen atoms in total. The Kier molecular flexibility index (Phi) is 4.10. The zero-order valence-corrected chi connectivity index (χ0v) is 14.2. The van der Waals surface area contributed by atoms with E-state index in [1.807, 2.05) is 35.2 Å². The van der Waals surface area contributed by atoms with E-state index in [1.54, 1.807) is 11.3 Å². The highest BCUT2D eigenvalue weighted by molar-refractivity contribution is 9.10. The van der Waals surface area contributed by atoms with Crippen LogP contribution in [0, 0.1) is 5.82 Å². The number of imidazole rings is 1. The molecule has 0 spiro atoms. The number of hydrogen-bond donors (Lipinski definition) is 0. The molecule has 2 heterocycles. The second-order valence-electron chi connectivity index (χ2n) is 5.05. The molecule has 0 saturated heterocycles. The van der Waals surface area contributed by atoms with E-state index in [4.69, 9.17) is 0 Å². The van der Waals surface area contributed by atoms with Gasteiger partial charge in [-0.2, -0.15) is 0 Å². The van der Waals surface area contributed by atoms with Crippen LogP contribution in [0.25, 0.3) is 4.96 Å². The number of halogens is 2. The van der Waals surface area contributed by atoms with Crippen molar-refractivity contribution >= 4 is 32.2 Å². The number of rotatable bonds is 4.